The summed E-state index contributed by atoms with van der Waals surface area (Å²) in [5, 5.41) is 0.220. The molecule has 2 N–H and O–H groups in total. The Kier molecular flexibility index (Phi) is 4.42. The number of nitrogens with one attached hydrogen (secondary N) is 2. The summed E-state index contributed by atoms with van der Waals surface area (Å²) in [7, 11) is 1.40. The van der Waals surface area contributed by atoms with Crippen molar-refractivity contribution in [3.05, 3.63) is 69.4 Å². The summed E-state index contributed by atoms with van der Waals surface area (Å²) in [6.45, 7) is -0.0697. The normalized spacial score (nSPS) is 12.0. The molecule has 10 heteroatoms. The van der Waals surface area contributed by atoms with Crippen LogP contribution in [0.5, 0.6) is 0 Å². The van der Waals surface area contributed by atoms with Gasteiger partial charge in [0.25, 0.3) is 5.56 Å². The van der Waals surface area contributed by atoms with Gasteiger partial charge in [-0.2, -0.15) is 13.2 Å². The van der Waals surface area contributed by atoms with E-state index in [0.717, 1.165) is 12.1 Å². The highest BCUT2D eigenvalue weighted by Crippen LogP contribution is 2.34. The topological polar surface area (TPSA) is 101 Å². The zero-order chi connectivity index (χ0) is 20.8. The van der Waals surface area contributed by atoms with Gasteiger partial charge in [-0.15, -0.1) is 0 Å². The van der Waals surface area contributed by atoms with E-state index < -0.39 is 28.6 Å². The number of hydrogen-bond acceptors (Lipinski definition) is 5. The van der Waals surface area contributed by atoms with Crippen molar-refractivity contribution in [3.63, 3.8) is 0 Å². The SMILES string of the molecule is COCc1nc2c(cnc3[nH]cc(C(=O)c4ccccc4C(F)(F)F)c32)[nH]c1=O. The molecule has 3 aromatic heterocycles. The first-order valence-corrected chi connectivity index (χ1v) is 8.40. The number of carbonyl (C=O) groups excluding carboxylic acids is 1. The Morgan fingerprint density at radius 1 is 1.21 bits per heavy atom. The molecule has 0 fully saturated rings. The van der Waals surface area contributed by atoms with Gasteiger partial charge in [-0.3, -0.25) is 9.59 Å². The number of pyridine rings is 1. The largest absolute Gasteiger partial charge is 0.417 e. The van der Waals surface area contributed by atoms with Crippen LogP contribution in [0.2, 0.25) is 0 Å². The number of H-pyrrole nitrogens is 2. The van der Waals surface area contributed by atoms with Crippen molar-refractivity contribution < 1.29 is 22.7 Å². The van der Waals surface area contributed by atoms with Crippen LogP contribution in [-0.4, -0.2) is 32.8 Å². The van der Waals surface area contributed by atoms with Gasteiger partial charge in [0, 0.05) is 18.9 Å². The number of benzene rings is 1. The molecule has 0 aliphatic rings. The third kappa shape index (κ3) is 3.17. The van der Waals surface area contributed by atoms with Crippen LogP contribution in [-0.2, 0) is 17.5 Å². The lowest BCUT2D eigenvalue weighted by Crippen LogP contribution is -2.16. The number of halogens is 3. The zero-order valence-corrected chi connectivity index (χ0v) is 14.9. The maximum atomic E-state index is 13.4. The van der Waals surface area contributed by atoms with E-state index >= 15 is 0 Å². The minimum Gasteiger partial charge on any atom is -0.378 e. The number of alkyl halides is 3. The average molecular weight is 402 g/mol. The number of rotatable bonds is 4. The summed E-state index contributed by atoms with van der Waals surface area (Å²) >= 11 is 0. The Morgan fingerprint density at radius 3 is 2.69 bits per heavy atom. The van der Waals surface area contributed by atoms with E-state index in [-0.39, 0.29) is 39.9 Å². The number of methoxy groups -OCH3 is 1. The first kappa shape index (κ1) is 18.8. The summed E-state index contributed by atoms with van der Waals surface area (Å²) in [6, 6.07) is 4.55. The summed E-state index contributed by atoms with van der Waals surface area (Å²) in [6.07, 6.45) is -2.04. The van der Waals surface area contributed by atoms with Crippen molar-refractivity contribution in [1.82, 2.24) is 19.9 Å². The van der Waals surface area contributed by atoms with Crippen LogP contribution >= 0.6 is 0 Å². The van der Waals surface area contributed by atoms with E-state index in [0.29, 0.717) is 0 Å². The van der Waals surface area contributed by atoms with E-state index in [1.807, 2.05) is 0 Å². The van der Waals surface area contributed by atoms with Crippen molar-refractivity contribution in [3.8, 4) is 0 Å². The molecule has 1 aromatic carbocycles. The second-order valence-corrected chi connectivity index (χ2v) is 6.26. The number of fused-ring (bicyclic) bond motifs is 3. The Morgan fingerprint density at radius 2 is 1.97 bits per heavy atom. The van der Waals surface area contributed by atoms with E-state index in [4.69, 9.17) is 4.74 Å². The Labute approximate surface area is 160 Å². The van der Waals surface area contributed by atoms with Crippen LogP contribution in [0, 0.1) is 0 Å². The molecule has 0 spiro atoms. The molecule has 148 valence electrons. The lowest BCUT2D eigenvalue weighted by atomic mass is 9.97. The van der Waals surface area contributed by atoms with Crippen LogP contribution in [0.4, 0.5) is 13.2 Å². The van der Waals surface area contributed by atoms with Crippen LogP contribution in [0.15, 0.2) is 41.5 Å². The highest BCUT2D eigenvalue weighted by Gasteiger charge is 2.35. The number of hydrogen-bond donors (Lipinski definition) is 2. The van der Waals surface area contributed by atoms with Crippen molar-refractivity contribution in [2.75, 3.05) is 7.11 Å². The molecule has 4 aromatic rings. The fourth-order valence-corrected chi connectivity index (χ4v) is 3.15. The number of ketones is 1. The number of carbonyl (C=O) groups is 1. The molecule has 0 bridgehead atoms. The average Bonchev–Trinajstić information content (AvgIpc) is 3.12. The summed E-state index contributed by atoms with van der Waals surface area (Å²) in [5.74, 6) is -0.834. The number of aromatic amines is 2. The van der Waals surface area contributed by atoms with Crippen molar-refractivity contribution >= 4 is 27.9 Å². The predicted molar refractivity (Wildman–Crippen MR) is 97.6 cm³/mol. The molecule has 7 nitrogen and oxygen atoms in total. The van der Waals surface area contributed by atoms with Crippen LogP contribution in [0.25, 0.3) is 22.1 Å². The van der Waals surface area contributed by atoms with Gasteiger partial charge in [0.05, 0.1) is 34.8 Å². The first-order chi connectivity index (χ1) is 13.8. The molecule has 0 atom stereocenters. The molecule has 0 unspecified atom stereocenters. The second kappa shape index (κ2) is 6.82. The van der Waals surface area contributed by atoms with E-state index in [1.54, 1.807) is 0 Å². The van der Waals surface area contributed by atoms with Crippen molar-refractivity contribution in [1.29, 1.82) is 0 Å². The van der Waals surface area contributed by atoms with Gasteiger partial charge in [0.1, 0.15) is 16.9 Å². The summed E-state index contributed by atoms with van der Waals surface area (Å²) in [5.41, 5.74) is -1.22. The first-order valence-electron chi connectivity index (χ1n) is 8.40. The quantitative estimate of drug-likeness (QED) is 0.511. The van der Waals surface area contributed by atoms with Gasteiger partial charge in [0.15, 0.2) is 5.78 Å². The van der Waals surface area contributed by atoms with E-state index in [9.17, 15) is 22.8 Å². The van der Waals surface area contributed by atoms with Crippen LogP contribution in [0.3, 0.4) is 0 Å². The molecule has 0 aliphatic heterocycles. The Balaban J connectivity index is 1.98. The van der Waals surface area contributed by atoms with E-state index in [1.165, 1.54) is 31.6 Å². The number of aromatic nitrogens is 4. The molecule has 3 heterocycles. The fraction of sp³-hybridized carbons (Fsp3) is 0.158. The third-order valence-electron chi connectivity index (χ3n) is 4.43. The summed E-state index contributed by atoms with van der Waals surface area (Å²) < 4.78 is 45.0. The predicted octanol–water partition coefficient (Wildman–Crippen LogP) is 3.20. The van der Waals surface area contributed by atoms with Crippen LogP contribution < -0.4 is 5.56 Å². The monoisotopic (exact) mass is 402 g/mol. The lowest BCUT2D eigenvalue weighted by molar-refractivity contribution is -0.137. The van der Waals surface area contributed by atoms with Crippen LogP contribution in [0.1, 0.15) is 27.2 Å². The van der Waals surface area contributed by atoms with Gasteiger partial charge < -0.3 is 14.7 Å². The lowest BCUT2D eigenvalue weighted by Gasteiger charge is -2.11. The molecule has 0 aliphatic carbocycles. The van der Waals surface area contributed by atoms with Crippen molar-refractivity contribution in [2.24, 2.45) is 0 Å². The molecule has 0 saturated heterocycles. The molecule has 0 radical (unpaired) electrons. The number of ether oxygens (including phenoxy) is 1. The summed E-state index contributed by atoms with van der Waals surface area (Å²) in [4.78, 5) is 38.9. The van der Waals surface area contributed by atoms with Gasteiger partial charge in [-0.25, -0.2) is 9.97 Å². The highest BCUT2D eigenvalue weighted by atomic mass is 19.4. The number of nitrogens with zero attached hydrogens (tertiary/aromatic N) is 2. The van der Waals surface area contributed by atoms with Crippen molar-refractivity contribution in [2.45, 2.75) is 12.8 Å². The zero-order valence-electron chi connectivity index (χ0n) is 14.9. The standard InChI is InChI=1S/C19H13F3N4O3/c1-29-8-13-18(28)26-12-7-24-17-14(15(12)25-13)10(6-23-17)16(27)9-4-2-3-5-11(9)19(20,21)22/h2-7H,8H2,1H3,(H,23,24)(H,26,28). The fourth-order valence-electron chi connectivity index (χ4n) is 3.15. The molecular formula is C19H13F3N4O3. The van der Waals surface area contributed by atoms with Gasteiger partial charge in [-0.05, 0) is 6.07 Å². The molecule has 29 heavy (non-hydrogen) atoms. The molecule has 0 saturated carbocycles. The van der Waals surface area contributed by atoms with Gasteiger partial charge in [0.2, 0.25) is 0 Å². The second-order valence-electron chi connectivity index (χ2n) is 6.26. The molecular weight excluding hydrogens is 389 g/mol. The van der Waals surface area contributed by atoms with Gasteiger partial charge in [-0.1, -0.05) is 18.2 Å². The van der Waals surface area contributed by atoms with E-state index in [2.05, 4.69) is 19.9 Å². The smallest absolute Gasteiger partial charge is 0.378 e. The Bertz CT molecular complexity index is 1310. The minimum atomic E-state index is -4.69. The minimum absolute atomic E-state index is 0.0299. The maximum Gasteiger partial charge on any atom is 0.417 e. The molecule has 0 amide bonds. The van der Waals surface area contributed by atoms with Gasteiger partial charge >= 0.3 is 6.18 Å². The Hall–Kier alpha value is -3.53. The maximum absolute atomic E-state index is 13.4. The third-order valence-corrected chi connectivity index (χ3v) is 4.43. The highest BCUT2D eigenvalue weighted by molar-refractivity contribution is 6.21. The molecule has 4 rings (SSSR count).